The van der Waals surface area contributed by atoms with E-state index in [9.17, 15) is 4.79 Å². The molecule has 0 saturated heterocycles. The van der Waals surface area contributed by atoms with Crippen LogP contribution in [0.5, 0.6) is 0 Å². The smallest absolute Gasteiger partial charge is 0.220 e. The minimum atomic E-state index is 0.177. The maximum absolute atomic E-state index is 11.3. The van der Waals surface area contributed by atoms with Gasteiger partial charge in [0.1, 0.15) is 0 Å². The standard InChI is InChI=1S/C14H21NOS/c1-3-4-5-14(16)15-10-11-17-13-8-6-12(2)7-9-13/h6-9H,3-5,10-11H2,1-2H3,(H,15,16). The molecule has 1 N–H and O–H groups in total. The summed E-state index contributed by atoms with van der Waals surface area (Å²) >= 11 is 1.78. The maximum Gasteiger partial charge on any atom is 0.220 e. The molecule has 0 bridgehead atoms. The molecule has 2 nitrogen and oxygen atoms in total. The summed E-state index contributed by atoms with van der Waals surface area (Å²) in [5.74, 6) is 1.11. The molecule has 0 unspecified atom stereocenters. The highest BCUT2D eigenvalue weighted by atomic mass is 32.2. The molecule has 0 spiro atoms. The highest BCUT2D eigenvalue weighted by Gasteiger charge is 1.99. The van der Waals surface area contributed by atoms with E-state index < -0.39 is 0 Å². The normalized spacial score (nSPS) is 10.2. The van der Waals surface area contributed by atoms with Crippen molar-refractivity contribution >= 4 is 17.7 Å². The highest BCUT2D eigenvalue weighted by molar-refractivity contribution is 7.99. The van der Waals surface area contributed by atoms with Crippen LogP contribution in [-0.2, 0) is 4.79 Å². The maximum atomic E-state index is 11.3. The van der Waals surface area contributed by atoms with E-state index in [4.69, 9.17) is 0 Å². The third-order valence-electron chi connectivity index (χ3n) is 2.47. The molecule has 0 aromatic heterocycles. The Morgan fingerprint density at radius 1 is 1.29 bits per heavy atom. The number of hydrogen-bond donors (Lipinski definition) is 1. The molecule has 94 valence electrons. The number of thioether (sulfide) groups is 1. The van der Waals surface area contributed by atoms with Crippen molar-refractivity contribution in [1.29, 1.82) is 0 Å². The minimum absolute atomic E-state index is 0.177. The van der Waals surface area contributed by atoms with Crippen LogP contribution in [0.1, 0.15) is 31.7 Å². The number of amides is 1. The van der Waals surface area contributed by atoms with Gasteiger partial charge in [0.15, 0.2) is 0 Å². The molecule has 0 atom stereocenters. The van der Waals surface area contributed by atoms with E-state index in [1.165, 1.54) is 10.5 Å². The Bertz CT molecular complexity index is 335. The fourth-order valence-corrected chi connectivity index (χ4v) is 2.19. The van der Waals surface area contributed by atoms with E-state index in [2.05, 4.69) is 43.4 Å². The van der Waals surface area contributed by atoms with Gasteiger partial charge >= 0.3 is 0 Å². The number of aryl methyl sites for hydroxylation is 1. The Kier molecular flexibility index (Phi) is 6.78. The van der Waals surface area contributed by atoms with Crippen molar-refractivity contribution in [2.75, 3.05) is 12.3 Å². The third-order valence-corrected chi connectivity index (χ3v) is 3.49. The molecule has 1 rings (SSSR count). The van der Waals surface area contributed by atoms with Crippen LogP contribution >= 0.6 is 11.8 Å². The summed E-state index contributed by atoms with van der Waals surface area (Å²) in [6.07, 6.45) is 2.72. The van der Waals surface area contributed by atoms with E-state index in [0.29, 0.717) is 6.42 Å². The lowest BCUT2D eigenvalue weighted by molar-refractivity contribution is -0.121. The van der Waals surface area contributed by atoms with Crippen LogP contribution in [0.2, 0.25) is 0 Å². The van der Waals surface area contributed by atoms with Gasteiger partial charge in [-0.1, -0.05) is 31.0 Å². The topological polar surface area (TPSA) is 29.1 Å². The molecule has 17 heavy (non-hydrogen) atoms. The SMILES string of the molecule is CCCCC(=O)NCCSc1ccc(C)cc1. The summed E-state index contributed by atoms with van der Waals surface area (Å²) in [5, 5.41) is 2.94. The fraction of sp³-hybridized carbons (Fsp3) is 0.500. The molecule has 0 saturated carbocycles. The Morgan fingerprint density at radius 2 is 2.00 bits per heavy atom. The number of carbonyl (C=O) groups excluding carboxylic acids is 1. The van der Waals surface area contributed by atoms with Crippen molar-refractivity contribution in [3.63, 3.8) is 0 Å². The number of carbonyl (C=O) groups is 1. The second-order valence-corrected chi connectivity index (χ2v) is 5.28. The van der Waals surface area contributed by atoms with Crippen LogP contribution in [0, 0.1) is 6.92 Å². The molecule has 1 amide bonds. The van der Waals surface area contributed by atoms with Crippen molar-refractivity contribution in [2.24, 2.45) is 0 Å². The molecule has 0 heterocycles. The number of unbranched alkanes of at least 4 members (excludes halogenated alkanes) is 1. The summed E-state index contributed by atoms with van der Waals surface area (Å²) in [7, 11) is 0. The van der Waals surface area contributed by atoms with Crippen molar-refractivity contribution in [3.05, 3.63) is 29.8 Å². The molecule has 0 aliphatic carbocycles. The number of benzene rings is 1. The third kappa shape index (κ3) is 6.37. The number of rotatable bonds is 7. The lowest BCUT2D eigenvalue weighted by Gasteiger charge is -2.05. The second kappa shape index (κ2) is 8.18. The largest absolute Gasteiger partial charge is 0.355 e. The Hall–Kier alpha value is -0.960. The summed E-state index contributed by atoms with van der Waals surface area (Å²) in [6, 6.07) is 8.47. The monoisotopic (exact) mass is 251 g/mol. The van der Waals surface area contributed by atoms with Gasteiger partial charge in [0.05, 0.1) is 0 Å². The van der Waals surface area contributed by atoms with Crippen molar-refractivity contribution in [3.8, 4) is 0 Å². The first-order valence-corrected chi connectivity index (χ1v) is 7.17. The lowest BCUT2D eigenvalue weighted by atomic mass is 10.2. The van der Waals surface area contributed by atoms with E-state index in [1.807, 2.05) is 0 Å². The van der Waals surface area contributed by atoms with Gasteiger partial charge in [-0.15, -0.1) is 11.8 Å². The first-order chi connectivity index (χ1) is 8.22. The first-order valence-electron chi connectivity index (χ1n) is 6.18. The molecule has 0 fully saturated rings. The van der Waals surface area contributed by atoms with Crippen LogP contribution < -0.4 is 5.32 Å². The first kappa shape index (κ1) is 14.1. The van der Waals surface area contributed by atoms with Crippen LogP contribution in [-0.4, -0.2) is 18.2 Å². The highest BCUT2D eigenvalue weighted by Crippen LogP contribution is 2.17. The van der Waals surface area contributed by atoms with Crippen molar-refractivity contribution in [2.45, 2.75) is 38.0 Å². The average molecular weight is 251 g/mol. The van der Waals surface area contributed by atoms with E-state index >= 15 is 0 Å². The molecular formula is C14H21NOS. The summed E-state index contributed by atoms with van der Waals surface area (Å²) < 4.78 is 0. The van der Waals surface area contributed by atoms with E-state index in [-0.39, 0.29) is 5.91 Å². The van der Waals surface area contributed by atoms with Gasteiger partial charge < -0.3 is 5.32 Å². The zero-order chi connectivity index (χ0) is 12.5. The van der Waals surface area contributed by atoms with Crippen molar-refractivity contribution < 1.29 is 4.79 Å². The van der Waals surface area contributed by atoms with Gasteiger partial charge in [0.25, 0.3) is 0 Å². The van der Waals surface area contributed by atoms with Gasteiger partial charge in [-0.2, -0.15) is 0 Å². The van der Waals surface area contributed by atoms with Gasteiger partial charge in [-0.05, 0) is 25.5 Å². The Balaban J connectivity index is 2.11. The predicted molar refractivity (Wildman–Crippen MR) is 74.4 cm³/mol. The average Bonchev–Trinajstić information content (AvgIpc) is 2.34. The molecule has 0 aliphatic heterocycles. The van der Waals surface area contributed by atoms with Gasteiger partial charge in [0.2, 0.25) is 5.91 Å². The van der Waals surface area contributed by atoms with Crippen LogP contribution in [0.25, 0.3) is 0 Å². The zero-order valence-electron chi connectivity index (χ0n) is 10.7. The molecule has 0 aliphatic rings. The summed E-state index contributed by atoms with van der Waals surface area (Å²) in [6.45, 7) is 4.93. The number of hydrogen-bond acceptors (Lipinski definition) is 2. The van der Waals surface area contributed by atoms with Crippen LogP contribution in [0.3, 0.4) is 0 Å². The molecule has 1 aromatic carbocycles. The minimum Gasteiger partial charge on any atom is -0.355 e. The lowest BCUT2D eigenvalue weighted by Crippen LogP contribution is -2.25. The van der Waals surface area contributed by atoms with Crippen LogP contribution in [0.15, 0.2) is 29.2 Å². The van der Waals surface area contributed by atoms with E-state index in [0.717, 1.165) is 25.1 Å². The van der Waals surface area contributed by atoms with Gasteiger partial charge in [-0.25, -0.2) is 0 Å². The van der Waals surface area contributed by atoms with Gasteiger partial charge in [0, 0.05) is 23.6 Å². The second-order valence-electron chi connectivity index (χ2n) is 4.12. The molecular weight excluding hydrogens is 230 g/mol. The molecule has 3 heteroatoms. The fourth-order valence-electron chi connectivity index (χ4n) is 1.42. The zero-order valence-corrected chi connectivity index (χ0v) is 11.5. The molecule has 1 aromatic rings. The molecule has 0 radical (unpaired) electrons. The predicted octanol–water partition coefficient (Wildman–Crippen LogP) is 3.39. The van der Waals surface area contributed by atoms with Crippen LogP contribution in [0.4, 0.5) is 0 Å². The van der Waals surface area contributed by atoms with Gasteiger partial charge in [-0.3, -0.25) is 4.79 Å². The van der Waals surface area contributed by atoms with E-state index in [1.54, 1.807) is 11.8 Å². The number of nitrogens with one attached hydrogen (secondary N) is 1. The Labute approximate surface area is 108 Å². The Morgan fingerprint density at radius 3 is 2.65 bits per heavy atom. The van der Waals surface area contributed by atoms with Crippen molar-refractivity contribution in [1.82, 2.24) is 5.32 Å². The summed E-state index contributed by atoms with van der Waals surface area (Å²) in [5.41, 5.74) is 1.28. The quantitative estimate of drug-likeness (QED) is 0.594. The summed E-state index contributed by atoms with van der Waals surface area (Å²) in [4.78, 5) is 12.6.